The van der Waals surface area contributed by atoms with Crippen molar-refractivity contribution in [2.45, 2.75) is 39.4 Å². The summed E-state index contributed by atoms with van der Waals surface area (Å²) in [5.74, 6) is 0. The molecule has 2 heterocycles. The van der Waals surface area contributed by atoms with Crippen molar-refractivity contribution in [2.24, 2.45) is 0 Å². The number of aromatic nitrogens is 1. The topological polar surface area (TPSA) is 28.2 Å². The molecule has 0 spiro atoms. The van der Waals surface area contributed by atoms with Gasteiger partial charge in [0.15, 0.2) is 0 Å². The Hall–Kier alpha value is -0.640. The molecule has 1 aromatic heterocycles. The first-order valence-corrected chi connectivity index (χ1v) is 6.03. The summed E-state index contributed by atoms with van der Waals surface area (Å²) >= 11 is 0. The van der Waals surface area contributed by atoms with Crippen molar-refractivity contribution in [1.82, 2.24) is 15.2 Å². The summed E-state index contributed by atoms with van der Waals surface area (Å²) in [7, 11) is 0. The number of hydrogen-bond acceptors (Lipinski definition) is 3. The molecule has 17 heavy (non-hydrogen) atoms. The van der Waals surface area contributed by atoms with E-state index < -0.39 is 0 Å². The van der Waals surface area contributed by atoms with E-state index in [9.17, 15) is 0 Å². The molecule has 4 heteroatoms. The predicted octanol–water partition coefficient (Wildman–Crippen LogP) is 1.99. The van der Waals surface area contributed by atoms with E-state index in [-0.39, 0.29) is 12.4 Å². The van der Waals surface area contributed by atoms with Crippen molar-refractivity contribution in [3.63, 3.8) is 0 Å². The Balaban J connectivity index is 0.00000144. The van der Waals surface area contributed by atoms with Crippen LogP contribution in [0.25, 0.3) is 0 Å². The first-order valence-electron chi connectivity index (χ1n) is 6.03. The van der Waals surface area contributed by atoms with E-state index >= 15 is 0 Å². The SMILES string of the molecule is Cc1ccncc1CN1CC(C)NCC1C.Cl. The zero-order valence-electron chi connectivity index (χ0n) is 10.8. The number of rotatable bonds is 2. The van der Waals surface area contributed by atoms with Crippen LogP contribution in [0, 0.1) is 6.92 Å². The molecule has 0 bridgehead atoms. The molecule has 1 N–H and O–H groups in total. The molecule has 2 atom stereocenters. The van der Waals surface area contributed by atoms with E-state index in [1.165, 1.54) is 11.1 Å². The average molecular weight is 256 g/mol. The normalized spacial score (nSPS) is 25.4. The van der Waals surface area contributed by atoms with Crippen molar-refractivity contribution in [3.8, 4) is 0 Å². The van der Waals surface area contributed by atoms with Crippen molar-refractivity contribution in [2.75, 3.05) is 13.1 Å². The number of nitrogens with one attached hydrogen (secondary N) is 1. The highest BCUT2D eigenvalue weighted by atomic mass is 35.5. The van der Waals surface area contributed by atoms with Gasteiger partial charge in [0.1, 0.15) is 0 Å². The number of pyridine rings is 1. The number of aryl methyl sites for hydroxylation is 1. The fourth-order valence-corrected chi connectivity index (χ4v) is 2.20. The van der Waals surface area contributed by atoms with Crippen LogP contribution in [0.2, 0.25) is 0 Å². The van der Waals surface area contributed by atoms with Gasteiger partial charge in [-0.25, -0.2) is 0 Å². The molecule has 1 fully saturated rings. The Morgan fingerprint density at radius 1 is 1.47 bits per heavy atom. The van der Waals surface area contributed by atoms with Gasteiger partial charge in [-0.3, -0.25) is 9.88 Å². The van der Waals surface area contributed by atoms with Crippen molar-refractivity contribution >= 4 is 12.4 Å². The third-order valence-corrected chi connectivity index (χ3v) is 3.41. The fourth-order valence-electron chi connectivity index (χ4n) is 2.20. The van der Waals surface area contributed by atoms with E-state index in [1.807, 2.05) is 12.4 Å². The van der Waals surface area contributed by atoms with Crippen molar-refractivity contribution in [3.05, 3.63) is 29.6 Å². The lowest BCUT2D eigenvalue weighted by Crippen LogP contribution is -2.53. The molecular formula is C13H22ClN3. The molecule has 2 rings (SSSR count). The number of hydrogen-bond donors (Lipinski definition) is 1. The summed E-state index contributed by atoms with van der Waals surface area (Å²) in [6.45, 7) is 9.91. The first-order chi connectivity index (χ1) is 7.66. The quantitative estimate of drug-likeness (QED) is 0.876. The van der Waals surface area contributed by atoms with Crippen LogP contribution in [-0.2, 0) is 6.54 Å². The summed E-state index contributed by atoms with van der Waals surface area (Å²) in [6.07, 6.45) is 3.86. The van der Waals surface area contributed by atoms with Crippen LogP contribution in [0.4, 0.5) is 0 Å². The molecule has 0 amide bonds. The molecule has 0 saturated carbocycles. The lowest BCUT2D eigenvalue weighted by atomic mass is 10.1. The molecule has 0 radical (unpaired) electrons. The maximum atomic E-state index is 4.21. The third kappa shape index (κ3) is 3.66. The van der Waals surface area contributed by atoms with E-state index in [0.29, 0.717) is 12.1 Å². The summed E-state index contributed by atoms with van der Waals surface area (Å²) in [5, 5.41) is 3.50. The summed E-state index contributed by atoms with van der Waals surface area (Å²) in [4.78, 5) is 6.75. The summed E-state index contributed by atoms with van der Waals surface area (Å²) < 4.78 is 0. The van der Waals surface area contributed by atoms with Gasteiger partial charge in [-0.2, -0.15) is 0 Å². The van der Waals surface area contributed by atoms with Crippen LogP contribution in [0.3, 0.4) is 0 Å². The summed E-state index contributed by atoms with van der Waals surface area (Å²) in [5.41, 5.74) is 2.69. The van der Waals surface area contributed by atoms with Crippen LogP contribution >= 0.6 is 12.4 Å². The van der Waals surface area contributed by atoms with E-state index in [4.69, 9.17) is 0 Å². The molecule has 96 valence electrons. The number of nitrogens with zero attached hydrogens (tertiary/aromatic N) is 2. The van der Waals surface area contributed by atoms with E-state index in [0.717, 1.165) is 19.6 Å². The molecular weight excluding hydrogens is 234 g/mol. The molecule has 0 aromatic carbocycles. The highest BCUT2D eigenvalue weighted by Crippen LogP contribution is 2.14. The van der Waals surface area contributed by atoms with Gasteiger partial charge in [0.2, 0.25) is 0 Å². The van der Waals surface area contributed by atoms with E-state index in [1.54, 1.807) is 0 Å². The van der Waals surface area contributed by atoms with Gasteiger partial charge in [0.25, 0.3) is 0 Å². The maximum absolute atomic E-state index is 4.21. The minimum Gasteiger partial charge on any atom is -0.311 e. The second-order valence-corrected chi connectivity index (χ2v) is 4.89. The van der Waals surface area contributed by atoms with Gasteiger partial charge in [0.05, 0.1) is 0 Å². The van der Waals surface area contributed by atoms with Crippen molar-refractivity contribution < 1.29 is 0 Å². The zero-order chi connectivity index (χ0) is 11.5. The molecule has 1 saturated heterocycles. The van der Waals surface area contributed by atoms with Crippen LogP contribution in [0.15, 0.2) is 18.5 Å². The van der Waals surface area contributed by atoms with E-state index in [2.05, 4.69) is 42.0 Å². The minimum absolute atomic E-state index is 0. The Morgan fingerprint density at radius 2 is 2.24 bits per heavy atom. The monoisotopic (exact) mass is 255 g/mol. The van der Waals surface area contributed by atoms with Crippen molar-refractivity contribution in [1.29, 1.82) is 0 Å². The van der Waals surface area contributed by atoms with Gasteiger partial charge in [0, 0.05) is 44.1 Å². The van der Waals surface area contributed by atoms with Gasteiger partial charge < -0.3 is 5.32 Å². The average Bonchev–Trinajstić information content (AvgIpc) is 2.27. The predicted molar refractivity (Wildman–Crippen MR) is 73.6 cm³/mol. The Bertz CT molecular complexity index is 356. The van der Waals surface area contributed by atoms with Crippen LogP contribution in [0.5, 0.6) is 0 Å². The third-order valence-electron chi connectivity index (χ3n) is 3.41. The standard InChI is InChI=1S/C13H21N3.ClH/c1-10-4-5-14-7-13(10)9-16-8-11(2)15-6-12(16)3;/h4-5,7,11-12,15H,6,8-9H2,1-3H3;1H. The van der Waals surface area contributed by atoms with Gasteiger partial charge >= 0.3 is 0 Å². The molecule has 3 nitrogen and oxygen atoms in total. The Labute approximate surface area is 110 Å². The van der Waals surface area contributed by atoms with Gasteiger partial charge in [-0.15, -0.1) is 12.4 Å². The molecule has 1 aliphatic rings. The fraction of sp³-hybridized carbons (Fsp3) is 0.615. The Kier molecular flexibility index (Phi) is 5.37. The number of halogens is 1. The van der Waals surface area contributed by atoms with Gasteiger partial charge in [-0.1, -0.05) is 0 Å². The summed E-state index contributed by atoms with van der Waals surface area (Å²) in [6, 6.07) is 3.29. The smallest absolute Gasteiger partial charge is 0.0315 e. The second-order valence-electron chi connectivity index (χ2n) is 4.89. The lowest BCUT2D eigenvalue weighted by molar-refractivity contribution is 0.138. The van der Waals surface area contributed by atoms with Crippen LogP contribution < -0.4 is 5.32 Å². The minimum atomic E-state index is 0. The molecule has 2 unspecified atom stereocenters. The molecule has 1 aromatic rings. The Morgan fingerprint density at radius 3 is 2.94 bits per heavy atom. The first kappa shape index (κ1) is 14.4. The lowest BCUT2D eigenvalue weighted by Gasteiger charge is -2.37. The van der Waals surface area contributed by atoms with Crippen LogP contribution in [-0.4, -0.2) is 35.1 Å². The highest BCUT2D eigenvalue weighted by Gasteiger charge is 2.22. The molecule has 1 aliphatic heterocycles. The van der Waals surface area contributed by atoms with Crippen LogP contribution in [0.1, 0.15) is 25.0 Å². The van der Waals surface area contributed by atoms with Gasteiger partial charge in [-0.05, 0) is 38.0 Å². The second kappa shape index (κ2) is 6.34. The maximum Gasteiger partial charge on any atom is 0.0315 e. The zero-order valence-corrected chi connectivity index (χ0v) is 11.6. The highest BCUT2D eigenvalue weighted by molar-refractivity contribution is 5.85. The number of piperazine rings is 1. The molecule has 0 aliphatic carbocycles. The largest absolute Gasteiger partial charge is 0.311 e.